The van der Waals surface area contributed by atoms with E-state index in [1.165, 1.54) is 0 Å². The molecule has 0 aromatic heterocycles. The lowest BCUT2D eigenvalue weighted by molar-refractivity contribution is -0.155. The minimum atomic E-state index is -0.300. The third kappa shape index (κ3) is 7.65. The summed E-state index contributed by atoms with van der Waals surface area (Å²) in [5.41, 5.74) is 1.72. The lowest BCUT2D eigenvalue weighted by Gasteiger charge is -2.24. The first-order valence-corrected chi connectivity index (χ1v) is 10.7. The highest BCUT2D eigenvalue weighted by Gasteiger charge is 2.26. The molecule has 1 aromatic rings. The van der Waals surface area contributed by atoms with Gasteiger partial charge in [-0.2, -0.15) is 0 Å². The average Bonchev–Trinajstić information content (AvgIpc) is 2.64. The van der Waals surface area contributed by atoms with Gasteiger partial charge >= 0.3 is 11.9 Å². The van der Waals surface area contributed by atoms with E-state index in [4.69, 9.17) is 9.47 Å². The molecule has 0 heterocycles. The number of esters is 2. The molecule has 3 unspecified atom stereocenters. The van der Waals surface area contributed by atoms with Crippen LogP contribution in [0.5, 0.6) is 0 Å². The van der Waals surface area contributed by atoms with Gasteiger partial charge in [0.05, 0.1) is 17.6 Å². The van der Waals surface area contributed by atoms with E-state index in [2.05, 4.69) is 20.8 Å². The van der Waals surface area contributed by atoms with Crippen molar-refractivity contribution in [2.75, 3.05) is 0 Å². The fraction of sp³-hybridized carbons (Fsp3) is 0.667. The summed E-state index contributed by atoms with van der Waals surface area (Å²) < 4.78 is 10.9. The number of rotatable bonds is 11. The van der Waals surface area contributed by atoms with Crippen LogP contribution in [0.2, 0.25) is 0 Å². The molecule has 0 amide bonds. The average molecular weight is 391 g/mol. The molecule has 0 fully saturated rings. The molecule has 0 aliphatic rings. The molecular weight excluding hydrogens is 352 g/mol. The highest BCUT2D eigenvalue weighted by atomic mass is 16.5. The van der Waals surface area contributed by atoms with Gasteiger partial charge in [0.25, 0.3) is 0 Å². The van der Waals surface area contributed by atoms with Gasteiger partial charge in [-0.15, -0.1) is 0 Å². The molecule has 0 radical (unpaired) electrons. The minimum Gasteiger partial charge on any atom is -0.462 e. The quantitative estimate of drug-likeness (QED) is 0.426. The van der Waals surface area contributed by atoms with E-state index in [0.29, 0.717) is 11.5 Å². The molecule has 4 heteroatoms. The number of ether oxygens (including phenoxy) is 2. The van der Waals surface area contributed by atoms with Gasteiger partial charge < -0.3 is 9.47 Å². The third-order valence-electron chi connectivity index (χ3n) is 5.23. The fourth-order valence-electron chi connectivity index (χ4n) is 3.13. The first-order chi connectivity index (χ1) is 13.2. The second-order valence-corrected chi connectivity index (χ2v) is 8.29. The van der Waals surface area contributed by atoms with Crippen molar-refractivity contribution in [3.05, 3.63) is 35.4 Å². The van der Waals surface area contributed by atoms with Crippen molar-refractivity contribution >= 4 is 11.9 Å². The van der Waals surface area contributed by atoms with E-state index in [-0.39, 0.29) is 36.0 Å². The van der Waals surface area contributed by atoms with Gasteiger partial charge in [-0.1, -0.05) is 46.2 Å². The summed E-state index contributed by atoms with van der Waals surface area (Å²) in [4.78, 5) is 24.7. The van der Waals surface area contributed by atoms with Gasteiger partial charge in [0.1, 0.15) is 6.10 Å². The lowest BCUT2D eigenvalue weighted by atomic mass is 9.84. The van der Waals surface area contributed by atoms with Crippen LogP contribution in [-0.4, -0.2) is 24.1 Å². The maximum absolute atomic E-state index is 12.6. The van der Waals surface area contributed by atoms with E-state index in [0.717, 1.165) is 31.2 Å². The fourth-order valence-corrected chi connectivity index (χ4v) is 3.13. The van der Waals surface area contributed by atoms with Crippen LogP contribution in [-0.2, 0) is 14.3 Å². The minimum absolute atomic E-state index is 0.0718. The van der Waals surface area contributed by atoms with Crippen molar-refractivity contribution < 1.29 is 19.1 Å². The molecule has 0 saturated carbocycles. The normalized spacial score (nSPS) is 14.6. The predicted octanol–water partition coefficient (Wildman–Crippen LogP) is 6.14. The number of hydrogen-bond acceptors (Lipinski definition) is 4. The summed E-state index contributed by atoms with van der Waals surface area (Å²) in [6.45, 7) is 14.0. The van der Waals surface area contributed by atoms with Gasteiger partial charge in [0.2, 0.25) is 0 Å². The molecule has 1 rings (SSSR count). The monoisotopic (exact) mass is 390 g/mol. The van der Waals surface area contributed by atoms with Gasteiger partial charge in [-0.25, -0.2) is 4.79 Å². The molecule has 158 valence electrons. The summed E-state index contributed by atoms with van der Waals surface area (Å²) in [5, 5.41) is 0. The van der Waals surface area contributed by atoms with Crippen LogP contribution in [0.25, 0.3) is 0 Å². The summed E-state index contributed by atoms with van der Waals surface area (Å²) in [7, 11) is 0. The van der Waals surface area contributed by atoms with E-state index in [1.807, 2.05) is 52.0 Å². The van der Waals surface area contributed by atoms with Gasteiger partial charge in [0.15, 0.2) is 0 Å². The molecule has 3 atom stereocenters. The molecule has 0 aliphatic heterocycles. The van der Waals surface area contributed by atoms with E-state index in [9.17, 15) is 9.59 Å². The summed E-state index contributed by atoms with van der Waals surface area (Å²) in [6.07, 6.45) is 3.36. The largest absolute Gasteiger partial charge is 0.462 e. The summed E-state index contributed by atoms with van der Waals surface area (Å²) in [5.74, 6) is 0.0783. The Labute approximate surface area is 171 Å². The van der Waals surface area contributed by atoms with Crippen molar-refractivity contribution in [2.24, 2.45) is 11.8 Å². The maximum atomic E-state index is 12.6. The van der Waals surface area contributed by atoms with Crippen LogP contribution in [0.4, 0.5) is 0 Å². The van der Waals surface area contributed by atoms with Crippen molar-refractivity contribution in [2.45, 2.75) is 92.3 Å². The third-order valence-corrected chi connectivity index (χ3v) is 5.23. The van der Waals surface area contributed by atoms with Gasteiger partial charge in [0, 0.05) is 0 Å². The number of carbonyl (C=O) groups excluding carboxylic acids is 2. The maximum Gasteiger partial charge on any atom is 0.338 e. The van der Waals surface area contributed by atoms with Crippen LogP contribution in [0.1, 0.15) is 96.0 Å². The zero-order valence-corrected chi connectivity index (χ0v) is 18.7. The molecular formula is C24H38O4. The topological polar surface area (TPSA) is 52.6 Å². The lowest BCUT2D eigenvalue weighted by Crippen LogP contribution is -2.26. The van der Waals surface area contributed by atoms with Crippen LogP contribution < -0.4 is 0 Å². The number of carbonyl (C=O) groups is 2. The Morgan fingerprint density at radius 3 is 2.00 bits per heavy atom. The Morgan fingerprint density at radius 1 is 0.929 bits per heavy atom. The Hall–Kier alpha value is -1.84. The second-order valence-electron chi connectivity index (χ2n) is 8.29. The van der Waals surface area contributed by atoms with Gasteiger partial charge in [-0.3, -0.25) is 4.79 Å². The summed E-state index contributed by atoms with van der Waals surface area (Å²) >= 11 is 0. The standard InChI is InChI=1S/C24H38O4/c1-8-10-22(15-19(9-2)23(25)28-18(7)16(3)4)20-11-13-21(14-12-20)24(26)27-17(5)6/h11-14,16-19,22H,8-10,15H2,1-7H3. The van der Waals surface area contributed by atoms with Crippen LogP contribution in [0.3, 0.4) is 0 Å². The molecule has 0 saturated heterocycles. The highest BCUT2D eigenvalue weighted by molar-refractivity contribution is 5.89. The molecule has 0 aliphatic carbocycles. The smallest absolute Gasteiger partial charge is 0.338 e. The number of hydrogen-bond donors (Lipinski definition) is 0. The molecule has 0 bridgehead atoms. The molecule has 4 nitrogen and oxygen atoms in total. The molecule has 1 aromatic carbocycles. The van der Waals surface area contributed by atoms with Crippen molar-refractivity contribution in [3.8, 4) is 0 Å². The predicted molar refractivity (Wildman–Crippen MR) is 113 cm³/mol. The molecule has 28 heavy (non-hydrogen) atoms. The van der Waals surface area contributed by atoms with E-state index >= 15 is 0 Å². The van der Waals surface area contributed by atoms with Crippen LogP contribution >= 0.6 is 0 Å². The molecule has 0 N–H and O–H groups in total. The highest BCUT2D eigenvalue weighted by Crippen LogP contribution is 2.31. The number of benzene rings is 1. The van der Waals surface area contributed by atoms with Crippen molar-refractivity contribution in [1.29, 1.82) is 0 Å². The van der Waals surface area contributed by atoms with Crippen LogP contribution in [0.15, 0.2) is 24.3 Å². The zero-order valence-electron chi connectivity index (χ0n) is 18.7. The van der Waals surface area contributed by atoms with Crippen molar-refractivity contribution in [3.63, 3.8) is 0 Å². The Kier molecular flexibility index (Phi) is 10.3. The first kappa shape index (κ1) is 24.2. The Bertz CT molecular complexity index is 604. The second kappa shape index (κ2) is 11.9. The van der Waals surface area contributed by atoms with Gasteiger partial charge in [-0.05, 0) is 69.6 Å². The molecule has 0 spiro atoms. The zero-order chi connectivity index (χ0) is 21.3. The van der Waals surface area contributed by atoms with E-state index < -0.39 is 0 Å². The van der Waals surface area contributed by atoms with Crippen LogP contribution in [0, 0.1) is 11.8 Å². The van der Waals surface area contributed by atoms with E-state index in [1.54, 1.807) is 0 Å². The SMILES string of the molecule is CCCC(CC(CC)C(=O)OC(C)C(C)C)c1ccc(C(=O)OC(C)C)cc1. The van der Waals surface area contributed by atoms with Crippen molar-refractivity contribution in [1.82, 2.24) is 0 Å². The summed E-state index contributed by atoms with van der Waals surface area (Å²) in [6, 6.07) is 7.63. The Morgan fingerprint density at radius 2 is 1.54 bits per heavy atom. The Balaban J connectivity index is 2.88. The first-order valence-electron chi connectivity index (χ1n) is 10.7.